The summed E-state index contributed by atoms with van der Waals surface area (Å²) < 4.78 is 40.3. The normalized spacial score (nSPS) is 12.3. The molecule has 112 valence electrons. The van der Waals surface area contributed by atoms with Gasteiger partial charge in [-0.05, 0) is 44.9 Å². The first-order valence-electron chi connectivity index (χ1n) is 6.65. The van der Waals surface area contributed by atoms with Crippen LogP contribution < -0.4 is 5.32 Å². The van der Waals surface area contributed by atoms with Gasteiger partial charge in [0, 0.05) is 23.5 Å². The van der Waals surface area contributed by atoms with E-state index in [2.05, 4.69) is 10.3 Å². The lowest BCUT2D eigenvalue weighted by Crippen LogP contribution is -2.13. The largest absolute Gasteiger partial charge is 0.374 e. The Morgan fingerprint density at radius 2 is 1.57 bits per heavy atom. The number of aryl methyl sites for hydroxylation is 3. The van der Waals surface area contributed by atoms with Gasteiger partial charge in [0.1, 0.15) is 11.5 Å². The van der Waals surface area contributed by atoms with E-state index in [0.29, 0.717) is 12.1 Å². The Bertz CT molecular complexity index is 637. The van der Waals surface area contributed by atoms with Gasteiger partial charge in [-0.25, -0.2) is 13.2 Å². The van der Waals surface area contributed by atoms with E-state index in [1.54, 1.807) is 6.92 Å². The summed E-state index contributed by atoms with van der Waals surface area (Å²) in [6.45, 7) is 7.45. The van der Waals surface area contributed by atoms with Gasteiger partial charge in [-0.15, -0.1) is 0 Å². The van der Waals surface area contributed by atoms with Gasteiger partial charge < -0.3 is 5.32 Å². The van der Waals surface area contributed by atoms with Crippen molar-refractivity contribution in [3.8, 4) is 0 Å². The minimum Gasteiger partial charge on any atom is -0.374 e. The van der Waals surface area contributed by atoms with Crippen LogP contribution in [0.15, 0.2) is 18.2 Å². The maximum atomic E-state index is 13.7. The Hall–Kier alpha value is -2.04. The van der Waals surface area contributed by atoms with Crippen LogP contribution in [0.4, 0.5) is 18.9 Å². The topological polar surface area (TPSA) is 24.9 Å². The number of nitrogens with one attached hydrogen (secondary N) is 1. The van der Waals surface area contributed by atoms with Crippen molar-refractivity contribution in [3.05, 3.63) is 58.2 Å². The summed E-state index contributed by atoms with van der Waals surface area (Å²) in [5, 5.41) is 2.77. The zero-order valence-corrected chi connectivity index (χ0v) is 12.4. The summed E-state index contributed by atoms with van der Waals surface area (Å²) in [7, 11) is 0. The Morgan fingerprint density at radius 3 is 2.10 bits per heavy atom. The molecular formula is C16H17F3N2. The highest BCUT2D eigenvalue weighted by molar-refractivity contribution is 5.49. The molecule has 2 nitrogen and oxygen atoms in total. The number of nitrogens with zero attached hydrogens (tertiary/aromatic N) is 1. The Kier molecular flexibility index (Phi) is 4.21. The minimum absolute atomic E-state index is 0.330. The summed E-state index contributed by atoms with van der Waals surface area (Å²) in [6, 6.07) is 2.88. The number of pyridine rings is 1. The fourth-order valence-corrected chi connectivity index (χ4v) is 2.66. The van der Waals surface area contributed by atoms with Crippen LogP contribution in [0.25, 0.3) is 0 Å². The molecule has 1 atom stereocenters. The summed E-state index contributed by atoms with van der Waals surface area (Å²) in [6.07, 6.45) is 0. The molecule has 21 heavy (non-hydrogen) atoms. The van der Waals surface area contributed by atoms with Crippen molar-refractivity contribution in [1.29, 1.82) is 0 Å². The van der Waals surface area contributed by atoms with E-state index in [4.69, 9.17) is 0 Å². The molecule has 0 bridgehead atoms. The summed E-state index contributed by atoms with van der Waals surface area (Å²) >= 11 is 0. The van der Waals surface area contributed by atoms with E-state index in [9.17, 15) is 13.2 Å². The van der Waals surface area contributed by atoms with Crippen LogP contribution in [0.5, 0.6) is 0 Å². The molecule has 1 heterocycles. The molecule has 0 radical (unpaired) electrons. The van der Waals surface area contributed by atoms with E-state index in [-0.39, 0.29) is 11.7 Å². The van der Waals surface area contributed by atoms with Crippen molar-refractivity contribution >= 4 is 5.69 Å². The standard InChI is InChI=1S/C16H17F3N2/c1-8-5-9(2)20-10(3)15(8)11(4)21-16-13(18)6-12(17)7-14(16)19/h5-7,11,21H,1-4H3. The summed E-state index contributed by atoms with van der Waals surface area (Å²) in [5.41, 5.74) is 3.23. The number of hydrogen-bond acceptors (Lipinski definition) is 2. The zero-order chi connectivity index (χ0) is 15.7. The van der Waals surface area contributed by atoms with E-state index in [1.165, 1.54) is 0 Å². The molecule has 0 fully saturated rings. The van der Waals surface area contributed by atoms with Crippen molar-refractivity contribution in [3.63, 3.8) is 0 Å². The van der Waals surface area contributed by atoms with Gasteiger partial charge >= 0.3 is 0 Å². The Balaban J connectivity index is 2.37. The van der Waals surface area contributed by atoms with Crippen LogP contribution in [0.3, 0.4) is 0 Å². The molecule has 0 aliphatic carbocycles. The second kappa shape index (κ2) is 5.76. The third kappa shape index (κ3) is 3.17. The highest BCUT2D eigenvalue weighted by Crippen LogP contribution is 2.28. The van der Waals surface area contributed by atoms with Crippen LogP contribution in [0.1, 0.15) is 35.5 Å². The molecule has 0 aliphatic heterocycles. The number of benzene rings is 1. The number of halogens is 3. The van der Waals surface area contributed by atoms with Crippen LogP contribution in [0.2, 0.25) is 0 Å². The fraction of sp³-hybridized carbons (Fsp3) is 0.312. The van der Waals surface area contributed by atoms with Crippen LogP contribution >= 0.6 is 0 Å². The van der Waals surface area contributed by atoms with Gasteiger partial charge in [0.05, 0.1) is 6.04 Å². The molecule has 1 aromatic heterocycles. The molecular weight excluding hydrogens is 277 g/mol. The lowest BCUT2D eigenvalue weighted by Gasteiger charge is -2.20. The van der Waals surface area contributed by atoms with Crippen molar-refractivity contribution in [2.24, 2.45) is 0 Å². The van der Waals surface area contributed by atoms with Crippen molar-refractivity contribution in [1.82, 2.24) is 4.98 Å². The molecule has 0 saturated heterocycles. The molecule has 5 heteroatoms. The highest BCUT2D eigenvalue weighted by Gasteiger charge is 2.18. The number of rotatable bonds is 3. The smallest absolute Gasteiger partial charge is 0.152 e. The second-order valence-corrected chi connectivity index (χ2v) is 5.19. The predicted octanol–water partition coefficient (Wildman–Crippen LogP) is 4.60. The molecule has 2 aromatic rings. The third-order valence-electron chi connectivity index (χ3n) is 3.38. The van der Waals surface area contributed by atoms with Crippen LogP contribution in [0, 0.1) is 38.2 Å². The highest BCUT2D eigenvalue weighted by atomic mass is 19.1. The molecule has 0 spiro atoms. The molecule has 1 unspecified atom stereocenters. The average molecular weight is 294 g/mol. The first kappa shape index (κ1) is 15.4. The first-order valence-corrected chi connectivity index (χ1v) is 6.65. The summed E-state index contributed by atoms with van der Waals surface area (Å²) in [4.78, 5) is 4.37. The lowest BCUT2D eigenvalue weighted by atomic mass is 10.00. The average Bonchev–Trinajstić information content (AvgIpc) is 2.32. The molecule has 0 aliphatic rings. The quantitative estimate of drug-likeness (QED) is 0.895. The van der Waals surface area contributed by atoms with Crippen LogP contribution in [-0.4, -0.2) is 4.98 Å². The van der Waals surface area contributed by atoms with Gasteiger partial charge in [0.25, 0.3) is 0 Å². The maximum Gasteiger partial charge on any atom is 0.152 e. The Morgan fingerprint density at radius 1 is 1.00 bits per heavy atom. The maximum absolute atomic E-state index is 13.7. The van der Waals surface area contributed by atoms with Gasteiger partial charge in [0.15, 0.2) is 11.6 Å². The SMILES string of the molecule is Cc1cc(C)c(C(C)Nc2c(F)cc(F)cc2F)c(C)n1. The van der Waals surface area contributed by atoms with Gasteiger partial charge in [0.2, 0.25) is 0 Å². The van der Waals surface area contributed by atoms with Crippen LogP contribution in [-0.2, 0) is 0 Å². The lowest BCUT2D eigenvalue weighted by molar-refractivity contribution is 0.545. The molecule has 2 rings (SSSR count). The van der Waals surface area contributed by atoms with Crippen molar-refractivity contribution < 1.29 is 13.2 Å². The van der Waals surface area contributed by atoms with Crippen molar-refractivity contribution in [2.45, 2.75) is 33.7 Å². The second-order valence-electron chi connectivity index (χ2n) is 5.19. The molecule has 0 amide bonds. The van der Waals surface area contributed by atoms with Gasteiger partial charge in [-0.1, -0.05) is 0 Å². The minimum atomic E-state index is -0.949. The van der Waals surface area contributed by atoms with E-state index in [1.807, 2.05) is 26.8 Å². The first-order chi connectivity index (χ1) is 9.79. The van der Waals surface area contributed by atoms with Gasteiger partial charge in [-0.2, -0.15) is 0 Å². The monoisotopic (exact) mass is 294 g/mol. The molecule has 1 aromatic carbocycles. The van der Waals surface area contributed by atoms with Crippen molar-refractivity contribution in [2.75, 3.05) is 5.32 Å². The number of hydrogen-bond donors (Lipinski definition) is 1. The molecule has 0 saturated carbocycles. The third-order valence-corrected chi connectivity index (χ3v) is 3.38. The van der Waals surface area contributed by atoms with E-state index >= 15 is 0 Å². The summed E-state index contributed by atoms with van der Waals surface area (Å²) in [5.74, 6) is -2.84. The number of aromatic nitrogens is 1. The fourth-order valence-electron chi connectivity index (χ4n) is 2.66. The predicted molar refractivity (Wildman–Crippen MR) is 76.8 cm³/mol. The van der Waals surface area contributed by atoms with E-state index in [0.717, 1.165) is 22.5 Å². The number of anilines is 1. The zero-order valence-electron chi connectivity index (χ0n) is 12.4. The molecule has 1 N–H and O–H groups in total. The van der Waals surface area contributed by atoms with E-state index < -0.39 is 17.5 Å². The Labute approximate surface area is 122 Å². The van der Waals surface area contributed by atoms with Gasteiger partial charge in [-0.3, -0.25) is 4.98 Å².